The van der Waals surface area contributed by atoms with Gasteiger partial charge in [0.15, 0.2) is 0 Å². The van der Waals surface area contributed by atoms with Crippen LogP contribution >= 0.6 is 0 Å². The molecule has 1 rings (SSSR count). The van der Waals surface area contributed by atoms with E-state index in [0.717, 1.165) is 11.4 Å². The van der Waals surface area contributed by atoms with Gasteiger partial charge in [-0.1, -0.05) is 6.07 Å². The molecule has 0 heterocycles. The summed E-state index contributed by atoms with van der Waals surface area (Å²) in [6.07, 6.45) is 0. The SMILES string of the molecule is COCCOCC(=O)Nc1cccc(N(C)C)c1. The second-order valence-electron chi connectivity index (χ2n) is 4.04. The average Bonchev–Trinajstić information content (AvgIpc) is 2.35. The molecular formula is C13H20N2O3. The smallest absolute Gasteiger partial charge is 0.250 e. The van der Waals surface area contributed by atoms with Gasteiger partial charge in [0.25, 0.3) is 0 Å². The largest absolute Gasteiger partial charge is 0.382 e. The maximum Gasteiger partial charge on any atom is 0.250 e. The molecule has 5 nitrogen and oxygen atoms in total. The molecule has 0 aliphatic rings. The molecule has 1 aromatic carbocycles. The van der Waals surface area contributed by atoms with Crippen molar-refractivity contribution in [2.75, 3.05) is 51.2 Å². The fourth-order valence-electron chi connectivity index (χ4n) is 1.37. The number of hydrogen-bond acceptors (Lipinski definition) is 4. The summed E-state index contributed by atoms with van der Waals surface area (Å²) in [4.78, 5) is 13.5. The number of ether oxygens (including phenoxy) is 2. The molecule has 0 saturated carbocycles. The van der Waals surface area contributed by atoms with Gasteiger partial charge < -0.3 is 19.7 Å². The van der Waals surface area contributed by atoms with Crippen molar-refractivity contribution in [3.05, 3.63) is 24.3 Å². The van der Waals surface area contributed by atoms with Crippen molar-refractivity contribution < 1.29 is 14.3 Å². The fourth-order valence-corrected chi connectivity index (χ4v) is 1.37. The van der Waals surface area contributed by atoms with Crippen molar-refractivity contribution in [1.29, 1.82) is 0 Å². The lowest BCUT2D eigenvalue weighted by Gasteiger charge is -2.14. The van der Waals surface area contributed by atoms with Crippen LogP contribution in [0, 0.1) is 0 Å². The van der Waals surface area contributed by atoms with Crippen molar-refractivity contribution in [2.45, 2.75) is 0 Å². The van der Waals surface area contributed by atoms with Crippen LogP contribution in [0.25, 0.3) is 0 Å². The van der Waals surface area contributed by atoms with Gasteiger partial charge in [0.2, 0.25) is 5.91 Å². The minimum atomic E-state index is -0.165. The van der Waals surface area contributed by atoms with Crippen LogP contribution in [0.4, 0.5) is 11.4 Å². The highest BCUT2D eigenvalue weighted by Gasteiger charge is 2.03. The molecule has 0 radical (unpaired) electrons. The Labute approximate surface area is 108 Å². The third kappa shape index (κ3) is 5.16. The normalized spacial score (nSPS) is 10.2. The molecule has 0 aliphatic carbocycles. The van der Waals surface area contributed by atoms with Crippen LogP contribution in [0.15, 0.2) is 24.3 Å². The highest BCUT2D eigenvalue weighted by molar-refractivity contribution is 5.92. The number of nitrogens with one attached hydrogen (secondary N) is 1. The maximum absolute atomic E-state index is 11.6. The lowest BCUT2D eigenvalue weighted by atomic mass is 10.2. The Balaban J connectivity index is 2.41. The number of methoxy groups -OCH3 is 1. The standard InChI is InChI=1S/C13H20N2O3/c1-15(2)12-6-4-5-11(9-12)14-13(16)10-18-8-7-17-3/h4-6,9H,7-8,10H2,1-3H3,(H,14,16). The van der Waals surface area contributed by atoms with E-state index in [1.54, 1.807) is 7.11 Å². The Bertz CT molecular complexity index is 380. The molecule has 1 N–H and O–H groups in total. The first kappa shape index (κ1) is 14.5. The molecule has 0 aromatic heterocycles. The van der Waals surface area contributed by atoms with Crippen LogP contribution in [-0.2, 0) is 14.3 Å². The molecule has 0 spiro atoms. The average molecular weight is 252 g/mol. The molecule has 1 aromatic rings. The minimum absolute atomic E-state index is 0.0373. The Kier molecular flexibility index (Phi) is 6.18. The number of carbonyl (C=O) groups excluding carboxylic acids is 1. The van der Waals surface area contributed by atoms with Gasteiger partial charge in [0, 0.05) is 32.6 Å². The zero-order valence-electron chi connectivity index (χ0n) is 11.1. The van der Waals surface area contributed by atoms with E-state index in [0.29, 0.717) is 13.2 Å². The van der Waals surface area contributed by atoms with Gasteiger partial charge in [0.05, 0.1) is 13.2 Å². The Morgan fingerprint density at radius 3 is 2.78 bits per heavy atom. The predicted octanol–water partition coefficient (Wildman–Crippen LogP) is 1.35. The fraction of sp³-hybridized carbons (Fsp3) is 0.462. The summed E-state index contributed by atoms with van der Waals surface area (Å²) in [6, 6.07) is 7.63. The quantitative estimate of drug-likeness (QED) is 0.744. The van der Waals surface area contributed by atoms with Crippen molar-refractivity contribution in [3.63, 3.8) is 0 Å². The number of rotatable bonds is 7. The summed E-state index contributed by atoms with van der Waals surface area (Å²) in [7, 11) is 5.50. The number of benzene rings is 1. The van der Waals surface area contributed by atoms with E-state index in [-0.39, 0.29) is 12.5 Å². The van der Waals surface area contributed by atoms with Crippen LogP contribution < -0.4 is 10.2 Å². The summed E-state index contributed by atoms with van der Waals surface area (Å²) < 4.78 is 9.96. The van der Waals surface area contributed by atoms with Gasteiger partial charge in [0.1, 0.15) is 6.61 Å². The minimum Gasteiger partial charge on any atom is -0.382 e. The van der Waals surface area contributed by atoms with Crippen LogP contribution in [-0.4, -0.2) is 46.9 Å². The monoisotopic (exact) mass is 252 g/mol. The second kappa shape index (κ2) is 7.68. The molecule has 0 bridgehead atoms. The Hall–Kier alpha value is -1.59. The topological polar surface area (TPSA) is 50.8 Å². The highest BCUT2D eigenvalue weighted by atomic mass is 16.5. The molecule has 18 heavy (non-hydrogen) atoms. The molecule has 1 amide bonds. The lowest BCUT2D eigenvalue weighted by Crippen LogP contribution is -2.19. The molecule has 0 saturated heterocycles. The first-order valence-corrected chi connectivity index (χ1v) is 5.77. The molecule has 100 valence electrons. The number of hydrogen-bond donors (Lipinski definition) is 1. The number of amides is 1. The van der Waals surface area contributed by atoms with Gasteiger partial charge in [-0.05, 0) is 18.2 Å². The molecule has 0 atom stereocenters. The third-order valence-electron chi connectivity index (χ3n) is 2.31. The number of anilines is 2. The molecule has 0 aliphatic heterocycles. The first-order valence-electron chi connectivity index (χ1n) is 5.77. The molecule has 0 unspecified atom stereocenters. The maximum atomic E-state index is 11.6. The van der Waals surface area contributed by atoms with E-state index in [9.17, 15) is 4.79 Å². The van der Waals surface area contributed by atoms with E-state index in [2.05, 4.69) is 5.32 Å². The molecular weight excluding hydrogens is 232 g/mol. The lowest BCUT2D eigenvalue weighted by molar-refractivity contribution is -0.121. The highest BCUT2D eigenvalue weighted by Crippen LogP contribution is 2.16. The zero-order valence-corrected chi connectivity index (χ0v) is 11.1. The second-order valence-corrected chi connectivity index (χ2v) is 4.04. The van der Waals surface area contributed by atoms with E-state index >= 15 is 0 Å². The summed E-state index contributed by atoms with van der Waals surface area (Å²) in [6.45, 7) is 0.945. The molecule has 5 heteroatoms. The number of nitrogens with zero attached hydrogens (tertiary/aromatic N) is 1. The van der Waals surface area contributed by atoms with Gasteiger partial charge in [-0.25, -0.2) is 0 Å². The predicted molar refractivity (Wildman–Crippen MR) is 72.1 cm³/mol. The third-order valence-corrected chi connectivity index (χ3v) is 2.31. The van der Waals surface area contributed by atoms with Crippen molar-refractivity contribution in [1.82, 2.24) is 0 Å². The van der Waals surface area contributed by atoms with Crippen LogP contribution in [0.5, 0.6) is 0 Å². The Morgan fingerprint density at radius 2 is 2.11 bits per heavy atom. The van der Waals surface area contributed by atoms with E-state index in [4.69, 9.17) is 9.47 Å². The van der Waals surface area contributed by atoms with Gasteiger partial charge in [-0.15, -0.1) is 0 Å². The Morgan fingerprint density at radius 1 is 1.33 bits per heavy atom. The van der Waals surface area contributed by atoms with Gasteiger partial charge >= 0.3 is 0 Å². The van der Waals surface area contributed by atoms with Crippen molar-refractivity contribution >= 4 is 17.3 Å². The van der Waals surface area contributed by atoms with E-state index in [1.165, 1.54) is 0 Å². The molecule has 0 fully saturated rings. The van der Waals surface area contributed by atoms with E-state index in [1.807, 2.05) is 43.3 Å². The number of carbonyl (C=O) groups is 1. The van der Waals surface area contributed by atoms with Crippen LogP contribution in [0.2, 0.25) is 0 Å². The van der Waals surface area contributed by atoms with Crippen molar-refractivity contribution in [3.8, 4) is 0 Å². The summed E-state index contributed by atoms with van der Waals surface area (Å²) >= 11 is 0. The van der Waals surface area contributed by atoms with Crippen LogP contribution in [0.3, 0.4) is 0 Å². The zero-order chi connectivity index (χ0) is 13.4. The summed E-state index contributed by atoms with van der Waals surface area (Å²) in [5, 5.41) is 2.78. The summed E-state index contributed by atoms with van der Waals surface area (Å²) in [5.41, 5.74) is 1.80. The summed E-state index contributed by atoms with van der Waals surface area (Å²) in [5.74, 6) is -0.165. The van der Waals surface area contributed by atoms with Gasteiger partial charge in [-0.2, -0.15) is 0 Å². The first-order chi connectivity index (χ1) is 8.63. The van der Waals surface area contributed by atoms with Gasteiger partial charge in [-0.3, -0.25) is 4.79 Å². The van der Waals surface area contributed by atoms with Crippen LogP contribution in [0.1, 0.15) is 0 Å². The van der Waals surface area contributed by atoms with Crippen molar-refractivity contribution in [2.24, 2.45) is 0 Å². The van der Waals surface area contributed by atoms with E-state index < -0.39 is 0 Å².